The monoisotopic (exact) mass is 733 g/mol. The van der Waals surface area contributed by atoms with Crippen LogP contribution in [0.2, 0.25) is 0 Å². The van der Waals surface area contributed by atoms with Crippen molar-refractivity contribution in [3.05, 3.63) is 35.9 Å². The molecule has 1 rings (SSSR count). The first-order valence-electron chi connectivity index (χ1n) is 11.2. The van der Waals surface area contributed by atoms with Gasteiger partial charge < -0.3 is 10.4 Å². The molecule has 0 aromatic heterocycles. The molecule has 0 amide bonds. The van der Waals surface area contributed by atoms with Gasteiger partial charge in [-0.3, -0.25) is 0 Å². The summed E-state index contributed by atoms with van der Waals surface area (Å²) >= 11 is 0. The van der Waals surface area contributed by atoms with Crippen molar-refractivity contribution in [3.63, 3.8) is 0 Å². The van der Waals surface area contributed by atoms with Crippen molar-refractivity contribution in [3.8, 4) is 0 Å². The van der Waals surface area contributed by atoms with Crippen LogP contribution in [0.15, 0.2) is 30.3 Å². The Labute approximate surface area is 239 Å². The molecule has 1 aromatic carbocycles. The average molecular weight is 733 g/mol. The van der Waals surface area contributed by atoms with Crippen LogP contribution in [0.25, 0.3) is 0 Å². The lowest BCUT2D eigenvalue weighted by atomic mass is 9.82. The molecule has 1 aromatic rings. The number of aliphatic hydroxyl groups excluding tert-OH is 1. The third kappa shape index (κ3) is 6.01. The molecule has 25 heteroatoms. The second kappa shape index (κ2) is 11.9. The van der Waals surface area contributed by atoms with Gasteiger partial charge in [-0.15, -0.1) is 0 Å². The van der Waals surface area contributed by atoms with E-state index in [0.29, 0.717) is 0 Å². The Bertz CT molecular complexity index is 1160. The highest BCUT2D eigenvalue weighted by Crippen LogP contribution is 2.67. The molecule has 0 saturated heterocycles. The molecule has 0 fully saturated rings. The maximum atomic E-state index is 14.0. The summed E-state index contributed by atoms with van der Waals surface area (Å²) in [6.45, 7) is -1.72. The SMILES string of the molecule is O[C@@H](CNCc1ccccc1)CC(F)(F)C(F)(F)C(F)(F)C(F)(F)C(F)(F)C(F)(F)C(F)(F)C(F)(F)C(F)(C(F)(F)F)C(F)(F)F. The van der Waals surface area contributed by atoms with Crippen LogP contribution < -0.4 is 5.32 Å². The molecule has 2 nitrogen and oxygen atoms in total. The van der Waals surface area contributed by atoms with Gasteiger partial charge in [0.2, 0.25) is 0 Å². The maximum Gasteiger partial charge on any atom is 0.438 e. The van der Waals surface area contributed by atoms with Crippen LogP contribution in [0.4, 0.5) is 101 Å². The maximum absolute atomic E-state index is 14.0. The van der Waals surface area contributed by atoms with Crippen LogP contribution in [0, 0.1) is 0 Å². The summed E-state index contributed by atoms with van der Waals surface area (Å²) in [5.41, 5.74) is -8.77. The third-order valence-electron chi connectivity index (χ3n) is 6.08. The zero-order chi connectivity index (χ0) is 37.0. The Kier molecular flexibility index (Phi) is 10.7. The van der Waals surface area contributed by atoms with Crippen molar-refractivity contribution in [2.75, 3.05) is 6.54 Å². The highest BCUT2D eigenvalue weighted by atomic mass is 19.4. The number of halogens is 23. The third-order valence-corrected chi connectivity index (χ3v) is 6.08. The topological polar surface area (TPSA) is 32.3 Å². The average Bonchev–Trinajstić information content (AvgIpc) is 2.86. The molecule has 2 N–H and O–H groups in total. The van der Waals surface area contributed by atoms with Crippen molar-refractivity contribution in [2.45, 2.75) is 84.5 Å². The molecule has 0 aliphatic heterocycles. The molecule has 0 heterocycles. The van der Waals surface area contributed by atoms with E-state index in [1.165, 1.54) is 30.3 Å². The van der Waals surface area contributed by atoms with Crippen LogP contribution >= 0.6 is 0 Å². The Morgan fingerprint density at radius 2 is 0.804 bits per heavy atom. The van der Waals surface area contributed by atoms with E-state index in [0.717, 1.165) is 0 Å². The van der Waals surface area contributed by atoms with Gasteiger partial charge in [0.15, 0.2) is 0 Å². The van der Waals surface area contributed by atoms with Gasteiger partial charge in [-0.1, -0.05) is 30.3 Å². The van der Waals surface area contributed by atoms with E-state index in [1.54, 1.807) is 0 Å². The molecular formula is C21H14F23NO. The van der Waals surface area contributed by atoms with Crippen molar-refractivity contribution < 1.29 is 106 Å². The molecule has 0 unspecified atom stereocenters. The van der Waals surface area contributed by atoms with Crippen LogP contribution in [-0.2, 0) is 6.54 Å². The van der Waals surface area contributed by atoms with Gasteiger partial charge >= 0.3 is 65.4 Å². The summed E-state index contributed by atoms with van der Waals surface area (Å²) in [5.74, 6) is -71.0. The number of hydrogen-bond acceptors (Lipinski definition) is 2. The normalized spacial score (nSPS) is 16.5. The summed E-state index contributed by atoms with van der Waals surface area (Å²) in [5, 5.41) is 11.4. The molecule has 1 atom stereocenters. The summed E-state index contributed by atoms with van der Waals surface area (Å²) in [6.07, 6.45) is -23.3. The molecule has 0 radical (unpaired) electrons. The summed E-state index contributed by atoms with van der Waals surface area (Å²) < 4.78 is 310. The number of aliphatic hydroxyl groups is 1. The van der Waals surface area contributed by atoms with Crippen molar-refractivity contribution in [1.82, 2.24) is 5.32 Å². The zero-order valence-electron chi connectivity index (χ0n) is 21.2. The minimum atomic E-state index is -9.50. The second-order valence-electron chi connectivity index (χ2n) is 9.35. The molecule has 0 aliphatic carbocycles. The Hall–Kier alpha value is -2.47. The van der Waals surface area contributed by atoms with E-state index in [9.17, 15) is 106 Å². The number of rotatable bonds is 14. The fourth-order valence-corrected chi connectivity index (χ4v) is 3.42. The van der Waals surface area contributed by atoms with Crippen LogP contribution in [0.3, 0.4) is 0 Å². The minimum Gasteiger partial charge on any atom is -0.392 e. The Morgan fingerprint density at radius 1 is 0.478 bits per heavy atom. The highest BCUT2D eigenvalue weighted by molar-refractivity contribution is 5.21. The second-order valence-corrected chi connectivity index (χ2v) is 9.35. The van der Waals surface area contributed by atoms with Crippen molar-refractivity contribution in [1.29, 1.82) is 0 Å². The lowest BCUT2D eigenvalue weighted by Crippen LogP contribution is -2.79. The first-order valence-corrected chi connectivity index (χ1v) is 11.2. The van der Waals surface area contributed by atoms with Crippen LogP contribution in [-0.4, -0.2) is 83.2 Å². The molecule has 270 valence electrons. The Balaban J connectivity index is 3.57. The van der Waals surface area contributed by atoms with Gasteiger partial charge in [0, 0.05) is 19.5 Å². The number of nitrogens with one attached hydrogen (secondary N) is 1. The smallest absolute Gasteiger partial charge is 0.392 e. The van der Waals surface area contributed by atoms with E-state index < -0.39 is 91.0 Å². The van der Waals surface area contributed by atoms with E-state index in [2.05, 4.69) is 0 Å². The fourth-order valence-electron chi connectivity index (χ4n) is 3.42. The summed E-state index contributed by atoms with van der Waals surface area (Å²) in [7, 11) is 0. The highest BCUT2D eigenvalue weighted by Gasteiger charge is 3.00. The fraction of sp³-hybridized carbons (Fsp3) is 0.714. The standard InChI is InChI=1S/C21H14F23NO/c22-11(23,6-10(46)8-45-7-9-4-2-1-3-5-9)13(25,26)15(29,30)17(33,34)19(37,38)18(35,36)16(31,32)14(27,28)12(24,20(39,40)41)21(42,43)44/h1-5,10,45-46H,6-8H2/t10-/m1/s1. The molecule has 0 spiro atoms. The number of hydrogen-bond donors (Lipinski definition) is 2. The van der Waals surface area contributed by atoms with Gasteiger partial charge in [0.25, 0.3) is 0 Å². The van der Waals surface area contributed by atoms with Gasteiger partial charge in [-0.25, -0.2) is 4.39 Å². The zero-order valence-corrected chi connectivity index (χ0v) is 21.2. The lowest BCUT2D eigenvalue weighted by Gasteiger charge is -2.46. The quantitative estimate of drug-likeness (QED) is 0.188. The molecule has 0 saturated carbocycles. The predicted octanol–water partition coefficient (Wildman–Crippen LogP) is 8.44. The van der Waals surface area contributed by atoms with E-state index in [1.807, 2.05) is 5.32 Å². The van der Waals surface area contributed by atoms with Crippen LogP contribution in [0.1, 0.15) is 12.0 Å². The molecule has 0 bridgehead atoms. The van der Waals surface area contributed by atoms with Crippen molar-refractivity contribution in [2.24, 2.45) is 0 Å². The minimum absolute atomic E-state index is 0.277. The first-order chi connectivity index (χ1) is 20.0. The largest absolute Gasteiger partial charge is 0.438 e. The van der Waals surface area contributed by atoms with Crippen LogP contribution in [0.5, 0.6) is 0 Å². The van der Waals surface area contributed by atoms with E-state index in [-0.39, 0.29) is 5.56 Å². The number of benzene rings is 1. The lowest BCUT2D eigenvalue weighted by molar-refractivity contribution is -0.481. The summed E-state index contributed by atoms with van der Waals surface area (Å²) in [4.78, 5) is 0. The van der Waals surface area contributed by atoms with Gasteiger partial charge in [-0.2, -0.15) is 96.6 Å². The predicted molar refractivity (Wildman–Crippen MR) is 104 cm³/mol. The molecular weight excluding hydrogens is 719 g/mol. The van der Waals surface area contributed by atoms with Gasteiger partial charge in [-0.05, 0) is 5.56 Å². The molecule has 0 aliphatic rings. The van der Waals surface area contributed by atoms with Crippen molar-refractivity contribution >= 4 is 0 Å². The number of alkyl halides is 23. The molecule has 46 heavy (non-hydrogen) atoms. The van der Waals surface area contributed by atoms with E-state index in [4.69, 9.17) is 0 Å². The van der Waals surface area contributed by atoms with E-state index >= 15 is 0 Å². The van der Waals surface area contributed by atoms with Gasteiger partial charge in [0.1, 0.15) is 0 Å². The Morgan fingerprint density at radius 3 is 1.15 bits per heavy atom. The van der Waals surface area contributed by atoms with Gasteiger partial charge in [0.05, 0.1) is 6.10 Å². The summed E-state index contributed by atoms with van der Waals surface area (Å²) in [6, 6.07) is 6.84. The first kappa shape index (κ1) is 41.6.